The molecule has 5 nitrogen and oxygen atoms in total. The summed E-state index contributed by atoms with van der Waals surface area (Å²) in [6.45, 7) is 9.32. The minimum atomic E-state index is -0.316. The number of allylic oxidation sites excluding steroid dienone is 1. The van der Waals surface area contributed by atoms with Gasteiger partial charge < -0.3 is 14.7 Å². The highest BCUT2D eigenvalue weighted by Crippen LogP contribution is 2.37. The van der Waals surface area contributed by atoms with Crippen LogP contribution in [0.4, 0.5) is 4.39 Å². The lowest BCUT2D eigenvalue weighted by Crippen LogP contribution is -2.46. The lowest BCUT2D eigenvalue weighted by atomic mass is 9.94. The molecule has 1 aliphatic heterocycles. The maximum absolute atomic E-state index is 13.6. The molecule has 172 valence electrons. The van der Waals surface area contributed by atoms with Gasteiger partial charge in [-0.05, 0) is 61.2 Å². The Kier molecular flexibility index (Phi) is 6.88. The van der Waals surface area contributed by atoms with E-state index >= 15 is 0 Å². The molecule has 0 bridgehead atoms. The first-order valence-corrected chi connectivity index (χ1v) is 11.8. The van der Waals surface area contributed by atoms with Gasteiger partial charge in [0.25, 0.3) is 5.89 Å². The number of benzene rings is 2. The molecule has 0 amide bonds. The summed E-state index contributed by atoms with van der Waals surface area (Å²) in [7, 11) is 0. The summed E-state index contributed by atoms with van der Waals surface area (Å²) in [5.74, 6) is 1.22. The van der Waals surface area contributed by atoms with E-state index < -0.39 is 0 Å². The molecule has 1 aromatic heterocycles. The van der Waals surface area contributed by atoms with Crippen LogP contribution in [0.25, 0.3) is 17.0 Å². The molecule has 1 atom stereocenters. The van der Waals surface area contributed by atoms with Gasteiger partial charge in [0.15, 0.2) is 5.11 Å². The molecule has 2 heterocycles. The normalized spacial score (nSPS) is 16.5. The van der Waals surface area contributed by atoms with Crippen molar-refractivity contribution in [1.82, 2.24) is 20.4 Å². The van der Waals surface area contributed by atoms with Gasteiger partial charge in [-0.2, -0.15) is 4.98 Å². The second-order valence-electron chi connectivity index (χ2n) is 8.74. The van der Waals surface area contributed by atoms with E-state index in [1.807, 2.05) is 19.1 Å². The van der Waals surface area contributed by atoms with Gasteiger partial charge in [0, 0.05) is 17.8 Å². The topological polar surface area (TPSA) is 54.2 Å². The predicted molar refractivity (Wildman–Crippen MR) is 133 cm³/mol. The van der Waals surface area contributed by atoms with Crippen molar-refractivity contribution in [3.8, 4) is 11.4 Å². The summed E-state index contributed by atoms with van der Waals surface area (Å²) >= 11 is 5.71. The number of aromatic nitrogens is 2. The van der Waals surface area contributed by atoms with Gasteiger partial charge in [0.2, 0.25) is 5.82 Å². The molecule has 3 aromatic rings. The fraction of sp³-hybridized carbons (Fsp3) is 0.346. The smallest absolute Gasteiger partial charge is 0.258 e. The third kappa shape index (κ3) is 4.98. The standard InChI is InChI=1S/C26H29FN4OS/c1-5-18-6-8-20(9-7-18)24-29-25(32-30-24)22-17(4)31(15-14-16(2)3)26(33)28-23(22)19-10-12-21(27)13-11-19/h6-13,16,23H,5,14-15H2,1-4H3,(H,28,33). The molecular formula is C26H29FN4OS. The molecule has 33 heavy (non-hydrogen) atoms. The van der Waals surface area contributed by atoms with Crippen LogP contribution in [0.5, 0.6) is 0 Å². The Morgan fingerprint density at radius 2 is 1.82 bits per heavy atom. The number of halogens is 1. The van der Waals surface area contributed by atoms with Gasteiger partial charge in [-0.3, -0.25) is 0 Å². The van der Waals surface area contributed by atoms with E-state index in [4.69, 9.17) is 21.7 Å². The Morgan fingerprint density at radius 1 is 1.12 bits per heavy atom. The zero-order valence-electron chi connectivity index (χ0n) is 19.4. The number of aryl methyl sites for hydroxylation is 1. The molecule has 0 saturated heterocycles. The second kappa shape index (κ2) is 9.83. The van der Waals surface area contributed by atoms with Crippen LogP contribution < -0.4 is 5.32 Å². The Morgan fingerprint density at radius 3 is 2.45 bits per heavy atom. The largest absolute Gasteiger partial charge is 0.351 e. The molecule has 1 N–H and O–H groups in total. The summed E-state index contributed by atoms with van der Waals surface area (Å²) in [4.78, 5) is 6.83. The lowest BCUT2D eigenvalue weighted by Gasteiger charge is -2.37. The molecule has 7 heteroatoms. The van der Waals surface area contributed by atoms with Crippen molar-refractivity contribution < 1.29 is 8.91 Å². The molecule has 0 radical (unpaired) electrons. The number of hydrogen-bond donors (Lipinski definition) is 1. The first-order chi connectivity index (χ1) is 15.9. The number of nitrogens with zero attached hydrogens (tertiary/aromatic N) is 3. The predicted octanol–water partition coefficient (Wildman–Crippen LogP) is 6.15. The van der Waals surface area contributed by atoms with Crippen LogP contribution in [-0.2, 0) is 6.42 Å². The SMILES string of the molecule is CCc1ccc(-c2noc(C3=C(C)N(CCC(C)C)C(=S)NC3c3ccc(F)cc3)n2)cc1. The van der Waals surface area contributed by atoms with Crippen LogP contribution in [0.1, 0.15) is 57.2 Å². The third-order valence-electron chi connectivity index (χ3n) is 6.01. The van der Waals surface area contributed by atoms with Crippen LogP contribution in [0.2, 0.25) is 0 Å². The molecular weight excluding hydrogens is 435 g/mol. The molecule has 0 spiro atoms. The van der Waals surface area contributed by atoms with E-state index in [0.717, 1.165) is 41.8 Å². The first-order valence-electron chi connectivity index (χ1n) is 11.3. The van der Waals surface area contributed by atoms with E-state index in [1.54, 1.807) is 12.1 Å². The van der Waals surface area contributed by atoms with Crippen LogP contribution in [0.3, 0.4) is 0 Å². The highest BCUT2D eigenvalue weighted by molar-refractivity contribution is 7.80. The van der Waals surface area contributed by atoms with Crippen molar-refractivity contribution >= 4 is 22.9 Å². The van der Waals surface area contributed by atoms with Gasteiger partial charge in [-0.1, -0.05) is 62.3 Å². The van der Waals surface area contributed by atoms with Gasteiger partial charge in [-0.15, -0.1) is 0 Å². The molecule has 0 aliphatic carbocycles. The number of nitrogens with one attached hydrogen (secondary N) is 1. The van der Waals surface area contributed by atoms with Crippen LogP contribution >= 0.6 is 12.2 Å². The van der Waals surface area contributed by atoms with Gasteiger partial charge in [-0.25, -0.2) is 4.39 Å². The van der Waals surface area contributed by atoms with E-state index in [-0.39, 0.29) is 11.9 Å². The number of thiocarbonyl (C=S) groups is 1. The molecule has 4 rings (SSSR count). The third-order valence-corrected chi connectivity index (χ3v) is 6.34. The maximum atomic E-state index is 13.6. The Labute approximate surface area is 199 Å². The van der Waals surface area contributed by atoms with E-state index in [9.17, 15) is 4.39 Å². The second-order valence-corrected chi connectivity index (χ2v) is 9.13. The Hall–Kier alpha value is -3.06. The maximum Gasteiger partial charge on any atom is 0.258 e. The minimum absolute atomic E-state index is 0.284. The average Bonchev–Trinajstić information content (AvgIpc) is 3.28. The molecule has 1 aliphatic rings. The lowest BCUT2D eigenvalue weighted by molar-refractivity contribution is 0.390. The fourth-order valence-electron chi connectivity index (χ4n) is 3.96. The quantitative estimate of drug-likeness (QED) is 0.424. The van der Waals surface area contributed by atoms with Gasteiger partial charge >= 0.3 is 0 Å². The highest BCUT2D eigenvalue weighted by Gasteiger charge is 2.34. The summed E-state index contributed by atoms with van der Waals surface area (Å²) in [5.41, 5.74) is 4.84. The summed E-state index contributed by atoms with van der Waals surface area (Å²) in [5, 5.41) is 8.31. The first kappa shape index (κ1) is 23.1. The minimum Gasteiger partial charge on any atom is -0.351 e. The molecule has 2 aromatic carbocycles. The van der Waals surface area contributed by atoms with Crippen molar-refractivity contribution in [3.63, 3.8) is 0 Å². The zero-order chi connectivity index (χ0) is 23.5. The summed E-state index contributed by atoms with van der Waals surface area (Å²) in [6.07, 6.45) is 1.97. The van der Waals surface area contributed by atoms with Crippen molar-refractivity contribution in [3.05, 3.63) is 77.1 Å². The van der Waals surface area contributed by atoms with Gasteiger partial charge in [0.1, 0.15) is 5.82 Å². The number of hydrogen-bond acceptors (Lipinski definition) is 4. The molecule has 0 fully saturated rings. The molecule has 0 saturated carbocycles. The summed E-state index contributed by atoms with van der Waals surface area (Å²) < 4.78 is 19.4. The number of rotatable bonds is 7. The molecule has 1 unspecified atom stereocenters. The van der Waals surface area contributed by atoms with E-state index in [0.29, 0.717) is 22.7 Å². The van der Waals surface area contributed by atoms with E-state index in [2.05, 4.69) is 48.3 Å². The monoisotopic (exact) mass is 464 g/mol. The van der Waals surface area contributed by atoms with E-state index in [1.165, 1.54) is 17.7 Å². The van der Waals surface area contributed by atoms with Crippen LogP contribution in [0, 0.1) is 11.7 Å². The van der Waals surface area contributed by atoms with Crippen molar-refractivity contribution in [2.45, 2.75) is 46.6 Å². The summed E-state index contributed by atoms with van der Waals surface area (Å²) in [6, 6.07) is 14.3. The Balaban J connectivity index is 1.76. The zero-order valence-corrected chi connectivity index (χ0v) is 20.2. The fourth-order valence-corrected chi connectivity index (χ4v) is 4.31. The van der Waals surface area contributed by atoms with Crippen molar-refractivity contribution in [2.75, 3.05) is 6.54 Å². The average molecular weight is 465 g/mol. The van der Waals surface area contributed by atoms with Crippen molar-refractivity contribution in [2.24, 2.45) is 5.92 Å². The van der Waals surface area contributed by atoms with Crippen LogP contribution in [0.15, 0.2) is 58.8 Å². The Bertz CT molecular complexity index is 1150. The van der Waals surface area contributed by atoms with Gasteiger partial charge in [0.05, 0.1) is 11.6 Å². The van der Waals surface area contributed by atoms with Crippen LogP contribution in [-0.4, -0.2) is 26.7 Å². The highest BCUT2D eigenvalue weighted by atomic mass is 32.1. The van der Waals surface area contributed by atoms with Crippen molar-refractivity contribution in [1.29, 1.82) is 0 Å².